The molecule has 1 aliphatic rings. The molecule has 3 heterocycles. The molecule has 6 heteroatoms. The molecule has 0 spiro atoms. The average molecular weight is 321 g/mol. The van der Waals surface area contributed by atoms with Crippen molar-refractivity contribution < 1.29 is 4.79 Å². The summed E-state index contributed by atoms with van der Waals surface area (Å²) in [4.78, 5) is 23.4. The van der Waals surface area contributed by atoms with Crippen molar-refractivity contribution in [3.8, 4) is 11.1 Å². The average Bonchev–Trinajstić information content (AvgIpc) is 3.25. The quantitative estimate of drug-likeness (QED) is 0.688. The Balaban J connectivity index is 1.79. The summed E-state index contributed by atoms with van der Waals surface area (Å²) in [5.74, 6) is 0.365. The molecule has 1 aliphatic carbocycles. The van der Waals surface area contributed by atoms with Crippen molar-refractivity contribution in [2.24, 2.45) is 5.73 Å². The molecule has 0 bridgehead atoms. The second kappa shape index (κ2) is 5.96. The van der Waals surface area contributed by atoms with E-state index in [0.29, 0.717) is 11.6 Å². The van der Waals surface area contributed by atoms with Crippen molar-refractivity contribution >= 4 is 22.8 Å². The summed E-state index contributed by atoms with van der Waals surface area (Å²) in [6, 6.07) is 6.26. The Bertz CT molecular complexity index is 895. The fraction of sp³-hybridized carbons (Fsp3) is 0.278. The molecule has 4 rings (SSSR count). The van der Waals surface area contributed by atoms with Gasteiger partial charge in [0, 0.05) is 35.6 Å². The number of aromatic amines is 1. The van der Waals surface area contributed by atoms with Gasteiger partial charge < -0.3 is 16.0 Å². The van der Waals surface area contributed by atoms with Crippen LogP contribution in [-0.4, -0.2) is 26.9 Å². The van der Waals surface area contributed by atoms with Gasteiger partial charge in [-0.05, 0) is 36.6 Å². The maximum atomic E-state index is 11.4. The number of rotatable bonds is 4. The van der Waals surface area contributed by atoms with E-state index in [1.807, 2.05) is 18.3 Å². The Morgan fingerprint density at radius 3 is 2.88 bits per heavy atom. The second-order valence-corrected chi connectivity index (χ2v) is 6.25. The van der Waals surface area contributed by atoms with Gasteiger partial charge in [-0.2, -0.15) is 0 Å². The van der Waals surface area contributed by atoms with E-state index >= 15 is 0 Å². The van der Waals surface area contributed by atoms with Gasteiger partial charge in [0.05, 0.1) is 5.56 Å². The van der Waals surface area contributed by atoms with E-state index < -0.39 is 5.91 Å². The molecule has 0 atom stereocenters. The summed E-state index contributed by atoms with van der Waals surface area (Å²) in [5, 5.41) is 4.52. The van der Waals surface area contributed by atoms with Crippen LogP contribution in [-0.2, 0) is 0 Å². The number of H-pyrrole nitrogens is 1. The molecule has 1 saturated carbocycles. The van der Waals surface area contributed by atoms with Gasteiger partial charge in [0.25, 0.3) is 0 Å². The topological polar surface area (TPSA) is 96.7 Å². The summed E-state index contributed by atoms with van der Waals surface area (Å²) >= 11 is 0. The third-order valence-corrected chi connectivity index (χ3v) is 4.57. The van der Waals surface area contributed by atoms with E-state index in [2.05, 4.69) is 20.3 Å². The lowest BCUT2D eigenvalue weighted by Gasteiger charge is -2.14. The van der Waals surface area contributed by atoms with E-state index in [1.165, 1.54) is 31.9 Å². The number of hydrogen-bond acceptors (Lipinski definition) is 4. The Kier molecular flexibility index (Phi) is 3.65. The zero-order valence-electron chi connectivity index (χ0n) is 13.2. The van der Waals surface area contributed by atoms with Crippen LogP contribution in [0.1, 0.15) is 36.0 Å². The lowest BCUT2D eigenvalue weighted by Crippen LogP contribution is -2.15. The summed E-state index contributed by atoms with van der Waals surface area (Å²) in [5.41, 5.74) is 8.44. The number of hydrogen-bond donors (Lipinski definition) is 3. The van der Waals surface area contributed by atoms with Crippen LogP contribution in [0, 0.1) is 0 Å². The van der Waals surface area contributed by atoms with Crippen LogP contribution in [0.4, 0.5) is 5.82 Å². The first-order valence-corrected chi connectivity index (χ1v) is 8.20. The van der Waals surface area contributed by atoms with Gasteiger partial charge in [-0.3, -0.25) is 9.78 Å². The van der Waals surface area contributed by atoms with E-state index in [-0.39, 0.29) is 0 Å². The fourth-order valence-electron chi connectivity index (χ4n) is 3.35. The zero-order chi connectivity index (χ0) is 16.5. The van der Waals surface area contributed by atoms with Crippen LogP contribution in [0.2, 0.25) is 0 Å². The summed E-state index contributed by atoms with van der Waals surface area (Å²) in [7, 11) is 0. The largest absolute Gasteiger partial charge is 0.367 e. The third kappa shape index (κ3) is 2.71. The van der Waals surface area contributed by atoms with Crippen molar-refractivity contribution in [1.82, 2.24) is 15.0 Å². The molecule has 122 valence electrons. The summed E-state index contributed by atoms with van der Waals surface area (Å²) in [6.45, 7) is 0. The van der Waals surface area contributed by atoms with Crippen molar-refractivity contribution in [1.29, 1.82) is 0 Å². The summed E-state index contributed by atoms with van der Waals surface area (Å²) in [6.07, 6.45) is 9.98. The third-order valence-electron chi connectivity index (χ3n) is 4.57. The minimum Gasteiger partial charge on any atom is -0.367 e. The van der Waals surface area contributed by atoms with Gasteiger partial charge in [-0.15, -0.1) is 0 Å². The molecule has 1 amide bonds. The minimum absolute atomic E-state index is 0.401. The van der Waals surface area contributed by atoms with Crippen LogP contribution in [0.5, 0.6) is 0 Å². The number of primary amides is 1. The van der Waals surface area contributed by atoms with Crippen LogP contribution < -0.4 is 11.1 Å². The van der Waals surface area contributed by atoms with Gasteiger partial charge in [-0.1, -0.05) is 12.8 Å². The molecule has 0 saturated heterocycles. The molecule has 6 nitrogen and oxygen atoms in total. The lowest BCUT2D eigenvalue weighted by molar-refractivity contribution is 0.1000. The molecular weight excluding hydrogens is 302 g/mol. The van der Waals surface area contributed by atoms with E-state index in [4.69, 9.17) is 5.73 Å². The molecule has 0 unspecified atom stereocenters. The summed E-state index contributed by atoms with van der Waals surface area (Å²) < 4.78 is 0. The second-order valence-electron chi connectivity index (χ2n) is 6.25. The molecule has 3 aromatic rings. The minimum atomic E-state index is -0.479. The number of amides is 1. The van der Waals surface area contributed by atoms with Crippen LogP contribution in [0.15, 0.2) is 36.8 Å². The normalized spacial score (nSPS) is 15.0. The number of nitrogens with two attached hydrogens (primary N) is 1. The van der Waals surface area contributed by atoms with Gasteiger partial charge in [0.1, 0.15) is 11.5 Å². The first kappa shape index (κ1) is 14.7. The number of carbonyl (C=O) groups excluding carboxylic acids is 1. The maximum absolute atomic E-state index is 11.4. The van der Waals surface area contributed by atoms with Crippen molar-refractivity contribution in [2.75, 3.05) is 5.32 Å². The fourth-order valence-corrected chi connectivity index (χ4v) is 3.35. The molecular formula is C18H19N5O. The van der Waals surface area contributed by atoms with Crippen molar-refractivity contribution in [3.63, 3.8) is 0 Å². The lowest BCUT2D eigenvalue weighted by atomic mass is 10.0. The van der Waals surface area contributed by atoms with Gasteiger partial charge in [0.2, 0.25) is 5.91 Å². The molecule has 24 heavy (non-hydrogen) atoms. The van der Waals surface area contributed by atoms with Crippen LogP contribution in [0.3, 0.4) is 0 Å². The van der Waals surface area contributed by atoms with E-state index in [9.17, 15) is 4.79 Å². The molecule has 1 fully saturated rings. The molecule has 0 aliphatic heterocycles. The first-order valence-electron chi connectivity index (χ1n) is 8.20. The Morgan fingerprint density at radius 1 is 1.25 bits per heavy atom. The first-order chi connectivity index (χ1) is 11.7. The molecule has 3 aromatic heterocycles. The Hall–Kier alpha value is -2.89. The Labute approximate surface area is 139 Å². The van der Waals surface area contributed by atoms with E-state index in [0.717, 1.165) is 28.0 Å². The molecule has 4 N–H and O–H groups in total. The van der Waals surface area contributed by atoms with E-state index in [1.54, 1.807) is 12.3 Å². The number of nitrogens with one attached hydrogen (secondary N) is 2. The van der Waals surface area contributed by atoms with Gasteiger partial charge >= 0.3 is 0 Å². The highest BCUT2D eigenvalue weighted by molar-refractivity contribution is 5.98. The van der Waals surface area contributed by atoms with Crippen molar-refractivity contribution in [2.45, 2.75) is 31.7 Å². The Morgan fingerprint density at radius 2 is 2.08 bits per heavy atom. The smallest absolute Gasteiger partial charge is 0.250 e. The zero-order valence-corrected chi connectivity index (χ0v) is 13.2. The molecule has 0 aromatic carbocycles. The van der Waals surface area contributed by atoms with Crippen LogP contribution >= 0.6 is 0 Å². The highest BCUT2D eigenvalue weighted by atomic mass is 16.1. The maximum Gasteiger partial charge on any atom is 0.250 e. The number of nitrogens with zero attached hydrogens (tertiary/aromatic N) is 2. The number of pyridine rings is 2. The van der Waals surface area contributed by atoms with Crippen LogP contribution in [0.25, 0.3) is 22.2 Å². The van der Waals surface area contributed by atoms with Gasteiger partial charge in [-0.25, -0.2) is 4.98 Å². The monoisotopic (exact) mass is 321 g/mol. The highest BCUT2D eigenvalue weighted by Crippen LogP contribution is 2.31. The predicted octanol–water partition coefficient (Wildman–Crippen LogP) is 3.08. The molecule has 0 radical (unpaired) electrons. The number of fused-ring (bicyclic) bond motifs is 1. The number of aromatic nitrogens is 3. The highest BCUT2D eigenvalue weighted by Gasteiger charge is 2.17. The van der Waals surface area contributed by atoms with Crippen molar-refractivity contribution in [3.05, 3.63) is 42.4 Å². The SMILES string of the molecule is NC(=O)c1cncc(-c2cc(NC3CCCC3)nc3[nH]ccc23)c1. The number of anilines is 1. The van der Waals surface area contributed by atoms with Gasteiger partial charge in [0.15, 0.2) is 0 Å². The predicted molar refractivity (Wildman–Crippen MR) is 93.7 cm³/mol. The number of carbonyl (C=O) groups is 1. The standard InChI is InChI=1S/C18H19N5O/c19-17(24)12-7-11(9-20-10-12)15-8-16(22-13-3-1-2-4-13)23-18-14(15)5-6-21-18/h5-10,13H,1-4H2,(H2,19,24)(H2,21,22,23).